The van der Waals surface area contributed by atoms with E-state index in [9.17, 15) is 13.6 Å². The Kier molecular flexibility index (Phi) is 3.62. The van der Waals surface area contributed by atoms with Crippen molar-refractivity contribution < 1.29 is 18.3 Å². The first-order chi connectivity index (χ1) is 10.5. The summed E-state index contributed by atoms with van der Waals surface area (Å²) < 4.78 is 32.4. The molecule has 1 aromatic carbocycles. The summed E-state index contributed by atoms with van der Waals surface area (Å²) in [6.45, 7) is 0. The number of nitrogens with two attached hydrogens (primary N) is 1. The number of nitrogen functional groups attached to an aromatic ring is 1. The molecule has 114 valence electrons. The largest absolute Gasteiger partial charge is 0.454 e. The minimum Gasteiger partial charge on any atom is -0.454 e. The van der Waals surface area contributed by atoms with Crippen LogP contribution in [0.4, 0.5) is 20.3 Å². The number of benzene rings is 1. The molecule has 0 bridgehead atoms. The molecular formula is C15H13F2N3O2. The van der Waals surface area contributed by atoms with Gasteiger partial charge in [0.25, 0.3) is 0 Å². The average molecular weight is 305 g/mol. The first-order valence-corrected chi connectivity index (χ1v) is 6.73. The van der Waals surface area contributed by atoms with Crippen LogP contribution in [0.25, 0.3) is 0 Å². The molecule has 1 aromatic heterocycles. The van der Waals surface area contributed by atoms with Crippen LogP contribution in [0.2, 0.25) is 0 Å². The molecule has 1 aliphatic rings. The minimum absolute atomic E-state index is 0.0370. The minimum atomic E-state index is -1.17. The summed E-state index contributed by atoms with van der Waals surface area (Å²) >= 11 is 0. The van der Waals surface area contributed by atoms with Crippen LogP contribution in [0.15, 0.2) is 30.5 Å². The monoisotopic (exact) mass is 305 g/mol. The molecule has 0 atom stereocenters. The molecule has 3 N–H and O–H groups in total. The quantitative estimate of drug-likeness (QED) is 0.851. The van der Waals surface area contributed by atoms with E-state index in [4.69, 9.17) is 10.5 Å². The third-order valence-corrected chi connectivity index (χ3v) is 3.24. The smallest absolute Gasteiger partial charge is 0.228 e. The van der Waals surface area contributed by atoms with Crippen molar-refractivity contribution in [2.75, 3.05) is 11.1 Å². The van der Waals surface area contributed by atoms with Gasteiger partial charge in [-0.1, -0.05) is 0 Å². The first kappa shape index (κ1) is 14.2. The van der Waals surface area contributed by atoms with E-state index < -0.39 is 11.6 Å². The van der Waals surface area contributed by atoms with Crippen molar-refractivity contribution in [3.63, 3.8) is 0 Å². The van der Waals surface area contributed by atoms with Gasteiger partial charge in [0.1, 0.15) is 11.6 Å². The van der Waals surface area contributed by atoms with Gasteiger partial charge in [-0.2, -0.15) is 4.39 Å². The highest BCUT2D eigenvalue weighted by atomic mass is 19.2. The molecule has 0 unspecified atom stereocenters. The van der Waals surface area contributed by atoms with Gasteiger partial charge in [0, 0.05) is 18.2 Å². The fourth-order valence-electron chi connectivity index (χ4n) is 1.87. The van der Waals surface area contributed by atoms with Crippen molar-refractivity contribution in [1.29, 1.82) is 0 Å². The lowest BCUT2D eigenvalue weighted by atomic mass is 10.3. The van der Waals surface area contributed by atoms with Crippen molar-refractivity contribution in [3.05, 3.63) is 42.1 Å². The van der Waals surface area contributed by atoms with Gasteiger partial charge in [-0.3, -0.25) is 4.79 Å². The fraction of sp³-hybridized carbons (Fsp3) is 0.200. The highest BCUT2D eigenvalue weighted by Gasteiger charge is 2.29. The van der Waals surface area contributed by atoms with Gasteiger partial charge in [0.15, 0.2) is 11.6 Å². The van der Waals surface area contributed by atoms with E-state index in [0.29, 0.717) is 5.82 Å². The summed E-state index contributed by atoms with van der Waals surface area (Å²) in [7, 11) is 0. The van der Waals surface area contributed by atoms with Gasteiger partial charge < -0.3 is 15.8 Å². The van der Waals surface area contributed by atoms with E-state index in [1.165, 1.54) is 30.5 Å². The van der Waals surface area contributed by atoms with Gasteiger partial charge in [0.05, 0.1) is 5.69 Å². The molecule has 0 saturated heterocycles. The van der Waals surface area contributed by atoms with E-state index in [0.717, 1.165) is 12.8 Å². The number of pyridine rings is 1. The molecule has 5 nitrogen and oxygen atoms in total. The van der Waals surface area contributed by atoms with E-state index in [-0.39, 0.29) is 29.0 Å². The lowest BCUT2D eigenvalue weighted by Crippen LogP contribution is -2.14. The Morgan fingerprint density at radius 3 is 2.77 bits per heavy atom. The van der Waals surface area contributed by atoms with E-state index in [2.05, 4.69) is 10.3 Å². The summed E-state index contributed by atoms with van der Waals surface area (Å²) in [4.78, 5) is 15.7. The van der Waals surface area contributed by atoms with Crippen LogP contribution >= 0.6 is 0 Å². The third-order valence-electron chi connectivity index (χ3n) is 3.24. The number of hydrogen-bond acceptors (Lipinski definition) is 4. The highest BCUT2D eigenvalue weighted by molar-refractivity contribution is 5.93. The zero-order chi connectivity index (χ0) is 15.7. The van der Waals surface area contributed by atoms with Gasteiger partial charge in [-0.25, -0.2) is 9.37 Å². The van der Waals surface area contributed by atoms with Crippen molar-refractivity contribution in [2.45, 2.75) is 12.8 Å². The molecule has 1 saturated carbocycles. The molecule has 3 rings (SSSR count). The molecule has 7 heteroatoms. The summed E-state index contributed by atoms with van der Waals surface area (Å²) in [5.41, 5.74) is 4.97. The second kappa shape index (κ2) is 5.59. The van der Waals surface area contributed by atoms with Crippen LogP contribution in [0, 0.1) is 17.6 Å². The maximum Gasteiger partial charge on any atom is 0.228 e. The van der Waals surface area contributed by atoms with Crippen molar-refractivity contribution in [3.8, 4) is 11.5 Å². The lowest BCUT2D eigenvalue weighted by molar-refractivity contribution is -0.117. The maximum absolute atomic E-state index is 13.7. The number of amides is 1. The van der Waals surface area contributed by atoms with Crippen LogP contribution in [-0.4, -0.2) is 10.9 Å². The number of rotatable bonds is 4. The van der Waals surface area contributed by atoms with Crippen molar-refractivity contribution >= 4 is 17.4 Å². The molecule has 0 radical (unpaired) electrons. The molecule has 22 heavy (non-hydrogen) atoms. The first-order valence-electron chi connectivity index (χ1n) is 6.73. The number of carbonyl (C=O) groups excluding carboxylic acids is 1. The zero-order valence-corrected chi connectivity index (χ0v) is 11.5. The van der Waals surface area contributed by atoms with Gasteiger partial charge in [-0.15, -0.1) is 0 Å². The van der Waals surface area contributed by atoms with E-state index in [1.807, 2.05) is 0 Å². The molecule has 1 fully saturated rings. The van der Waals surface area contributed by atoms with Crippen LogP contribution < -0.4 is 15.8 Å². The normalized spacial score (nSPS) is 13.7. The second-order valence-corrected chi connectivity index (χ2v) is 5.02. The number of aromatic nitrogens is 1. The Hall–Kier alpha value is -2.70. The predicted octanol–water partition coefficient (Wildman–Crippen LogP) is 3.08. The van der Waals surface area contributed by atoms with Crippen LogP contribution in [-0.2, 0) is 4.79 Å². The summed E-state index contributed by atoms with van der Waals surface area (Å²) in [6, 6.07) is 5.36. The Labute approximate surface area is 125 Å². The third kappa shape index (κ3) is 2.98. The second-order valence-electron chi connectivity index (χ2n) is 5.02. The molecule has 1 amide bonds. The number of anilines is 2. The Bertz CT molecular complexity index is 733. The average Bonchev–Trinajstić information content (AvgIpc) is 3.33. The number of hydrogen-bond donors (Lipinski definition) is 2. The van der Waals surface area contributed by atoms with Gasteiger partial charge >= 0.3 is 0 Å². The van der Waals surface area contributed by atoms with Gasteiger partial charge in [0.2, 0.25) is 11.7 Å². The Balaban J connectivity index is 1.78. The van der Waals surface area contributed by atoms with Crippen LogP contribution in [0.5, 0.6) is 11.5 Å². The highest BCUT2D eigenvalue weighted by Crippen LogP contribution is 2.31. The zero-order valence-electron chi connectivity index (χ0n) is 11.5. The molecule has 1 heterocycles. The van der Waals surface area contributed by atoms with Crippen LogP contribution in [0.3, 0.4) is 0 Å². The number of nitrogens with one attached hydrogen (secondary N) is 1. The standard InChI is InChI=1S/C15H13F2N3O2/c16-13-10(18)3-4-11(14(13)17)22-9-5-6-19-12(7-9)20-15(21)8-1-2-8/h3-8H,1-2,18H2,(H,19,20,21). The van der Waals surface area contributed by atoms with Gasteiger partial charge in [-0.05, 0) is 31.0 Å². The molecule has 0 aliphatic heterocycles. The fourth-order valence-corrected chi connectivity index (χ4v) is 1.87. The number of carbonyl (C=O) groups is 1. The van der Waals surface area contributed by atoms with Crippen molar-refractivity contribution in [1.82, 2.24) is 4.98 Å². The molecule has 0 spiro atoms. The molecular weight excluding hydrogens is 292 g/mol. The topological polar surface area (TPSA) is 77.2 Å². The Morgan fingerprint density at radius 2 is 2.05 bits per heavy atom. The summed E-state index contributed by atoms with van der Waals surface area (Å²) in [5, 5.41) is 2.65. The Morgan fingerprint density at radius 1 is 1.27 bits per heavy atom. The number of nitrogens with zero attached hydrogens (tertiary/aromatic N) is 1. The summed E-state index contributed by atoms with van der Waals surface area (Å²) in [6.07, 6.45) is 3.15. The predicted molar refractivity (Wildman–Crippen MR) is 76.4 cm³/mol. The molecule has 2 aromatic rings. The summed E-state index contributed by atoms with van der Waals surface area (Å²) in [5.74, 6) is -2.16. The number of halogens is 2. The molecule has 1 aliphatic carbocycles. The lowest BCUT2D eigenvalue weighted by Gasteiger charge is -2.09. The van der Waals surface area contributed by atoms with Crippen LogP contribution in [0.1, 0.15) is 12.8 Å². The maximum atomic E-state index is 13.7. The van der Waals surface area contributed by atoms with Crippen molar-refractivity contribution in [2.24, 2.45) is 5.92 Å². The SMILES string of the molecule is Nc1ccc(Oc2ccnc(NC(=O)C3CC3)c2)c(F)c1F. The number of ether oxygens (including phenoxy) is 1. The van der Waals surface area contributed by atoms with E-state index in [1.54, 1.807) is 0 Å². The van der Waals surface area contributed by atoms with E-state index >= 15 is 0 Å².